The molecule has 1 aliphatic carbocycles. The number of nitrogens with two attached hydrogens (primary N) is 1. The summed E-state index contributed by atoms with van der Waals surface area (Å²) in [5, 5.41) is 0. The molecule has 2 unspecified atom stereocenters. The van der Waals surface area contributed by atoms with Crippen molar-refractivity contribution in [3.8, 4) is 0 Å². The van der Waals surface area contributed by atoms with Crippen LogP contribution in [0.2, 0.25) is 0 Å². The highest BCUT2D eigenvalue weighted by Crippen LogP contribution is 2.22. The number of nitrogens with zero attached hydrogens (tertiary/aromatic N) is 1. The molecule has 2 fully saturated rings. The number of hydrogen-bond acceptors (Lipinski definition) is 3. The third-order valence-electron chi connectivity index (χ3n) is 3.30. The van der Waals surface area contributed by atoms with Gasteiger partial charge in [0, 0.05) is 25.2 Å². The molecule has 0 spiro atoms. The Morgan fingerprint density at radius 3 is 2.46 bits per heavy atom. The maximum absolute atomic E-state index is 6.13. The lowest BCUT2D eigenvalue weighted by Gasteiger charge is -2.40. The highest BCUT2D eigenvalue weighted by molar-refractivity contribution is 4.86. The summed E-state index contributed by atoms with van der Waals surface area (Å²) in [7, 11) is 0. The molecule has 0 aromatic rings. The van der Waals surface area contributed by atoms with Crippen LogP contribution >= 0.6 is 0 Å². The van der Waals surface area contributed by atoms with E-state index in [1.807, 2.05) is 0 Å². The van der Waals surface area contributed by atoms with Crippen molar-refractivity contribution in [3.63, 3.8) is 0 Å². The van der Waals surface area contributed by atoms with Gasteiger partial charge >= 0.3 is 0 Å². The second-order valence-corrected chi connectivity index (χ2v) is 4.16. The van der Waals surface area contributed by atoms with Crippen LogP contribution in [-0.2, 0) is 4.74 Å². The third kappa shape index (κ3) is 2.22. The third-order valence-corrected chi connectivity index (χ3v) is 3.30. The van der Waals surface area contributed by atoms with Crippen molar-refractivity contribution in [1.29, 1.82) is 0 Å². The highest BCUT2D eigenvalue weighted by atomic mass is 16.5. The first kappa shape index (κ1) is 9.44. The van der Waals surface area contributed by atoms with Crippen LogP contribution < -0.4 is 5.73 Å². The zero-order chi connectivity index (χ0) is 9.10. The van der Waals surface area contributed by atoms with E-state index in [2.05, 4.69) is 4.90 Å². The van der Waals surface area contributed by atoms with E-state index in [1.165, 1.54) is 25.7 Å². The lowest BCUT2D eigenvalue weighted by molar-refractivity contribution is 0.00373. The van der Waals surface area contributed by atoms with E-state index in [-0.39, 0.29) is 0 Å². The molecule has 2 N–H and O–H groups in total. The number of rotatable bonds is 1. The van der Waals surface area contributed by atoms with Gasteiger partial charge in [0.1, 0.15) is 0 Å². The number of hydrogen-bond donors (Lipinski definition) is 1. The standard InChI is InChI=1S/C10H20N2O/c11-9-3-1-2-4-10(9)12-5-7-13-8-6-12/h9-10H,1-8,11H2. The zero-order valence-electron chi connectivity index (χ0n) is 8.24. The van der Waals surface area contributed by atoms with E-state index >= 15 is 0 Å². The van der Waals surface area contributed by atoms with Gasteiger partial charge in [-0.1, -0.05) is 12.8 Å². The summed E-state index contributed by atoms with van der Waals surface area (Å²) >= 11 is 0. The van der Waals surface area contributed by atoms with Crippen LogP contribution in [0.15, 0.2) is 0 Å². The van der Waals surface area contributed by atoms with E-state index in [1.54, 1.807) is 0 Å². The summed E-state index contributed by atoms with van der Waals surface area (Å²) < 4.78 is 5.34. The number of morpholine rings is 1. The van der Waals surface area contributed by atoms with Gasteiger partial charge < -0.3 is 10.5 Å². The summed E-state index contributed by atoms with van der Waals surface area (Å²) in [5.41, 5.74) is 6.13. The van der Waals surface area contributed by atoms with Gasteiger partial charge in [-0.15, -0.1) is 0 Å². The smallest absolute Gasteiger partial charge is 0.0594 e. The molecule has 0 amide bonds. The Kier molecular flexibility index (Phi) is 3.19. The van der Waals surface area contributed by atoms with E-state index in [4.69, 9.17) is 10.5 Å². The molecule has 0 aromatic heterocycles. The Bertz CT molecular complexity index is 157. The van der Waals surface area contributed by atoms with Crippen molar-refractivity contribution in [2.24, 2.45) is 5.73 Å². The predicted molar refractivity (Wildman–Crippen MR) is 52.6 cm³/mol. The first-order valence-electron chi connectivity index (χ1n) is 5.45. The van der Waals surface area contributed by atoms with Crippen molar-refractivity contribution < 1.29 is 4.74 Å². The Hall–Kier alpha value is -0.120. The SMILES string of the molecule is NC1CCCCC1N1CCOCC1. The average molecular weight is 184 g/mol. The summed E-state index contributed by atoms with van der Waals surface area (Å²) in [6.07, 6.45) is 5.18. The molecule has 0 radical (unpaired) electrons. The van der Waals surface area contributed by atoms with Crippen LogP contribution in [0.4, 0.5) is 0 Å². The minimum Gasteiger partial charge on any atom is -0.379 e. The van der Waals surface area contributed by atoms with Gasteiger partial charge in [0.25, 0.3) is 0 Å². The molecule has 2 atom stereocenters. The lowest BCUT2D eigenvalue weighted by Crippen LogP contribution is -2.53. The molecular formula is C10H20N2O. The summed E-state index contributed by atoms with van der Waals surface area (Å²) in [5.74, 6) is 0. The Labute approximate surface area is 80.2 Å². The topological polar surface area (TPSA) is 38.5 Å². The lowest BCUT2D eigenvalue weighted by atomic mass is 9.89. The minimum atomic E-state index is 0.409. The van der Waals surface area contributed by atoms with Gasteiger partial charge in [0.2, 0.25) is 0 Å². The van der Waals surface area contributed by atoms with E-state index in [9.17, 15) is 0 Å². The molecule has 1 aliphatic heterocycles. The Morgan fingerprint density at radius 2 is 1.77 bits per heavy atom. The van der Waals surface area contributed by atoms with E-state index < -0.39 is 0 Å². The molecular weight excluding hydrogens is 164 g/mol. The summed E-state index contributed by atoms with van der Waals surface area (Å²) in [6, 6.07) is 1.05. The molecule has 1 saturated carbocycles. The van der Waals surface area contributed by atoms with Crippen molar-refractivity contribution in [2.75, 3.05) is 26.3 Å². The van der Waals surface area contributed by atoms with Crippen molar-refractivity contribution in [1.82, 2.24) is 4.90 Å². The van der Waals surface area contributed by atoms with Crippen LogP contribution in [0.25, 0.3) is 0 Å². The minimum absolute atomic E-state index is 0.409. The van der Waals surface area contributed by atoms with E-state index in [0.29, 0.717) is 12.1 Å². The maximum atomic E-state index is 6.13. The van der Waals surface area contributed by atoms with Gasteiger partial charge in [-0.05, 0) is 12.8 Å². The second kappa shape index (κ2) is 4.40. The normalized spacial score (nSPS) is 37.6. The molecule has 0 bridgehead atoms. The van der Waals surface area contributed by atoms with Crippen LogP contribution in [0.3, 0.4) is 0 Å². The quantitative estimate of drug-likeness (QED) is 0.648. The fraction of sp³-hybridized carbons (Fsp3) is 1.00. The summed E-state index contributed by atoms with van der Waals surface area (Å²) in [6.45, 7) is 3.95. The molecule has 1 saturated heterocycles. The number of ether oxygens (including phenoxy) is 1. The van der Waals surface area contributed by atoms with Gasteiger partial charge in [-0.3, -0.25) is 4.90 Å². The molecule has 2 rings (SSSR count). The van der Waals surface area contributed by atoms with E-state index in [0.717, 1.165) is 26.3 Å². The van der Waals surface area contributed by atoms with Gasteiger partial charge in [0.15, 0.2) is 0 Å². The largest absolute Gasteiger partial charge is 0.379 e. The Balaban J connectivity index is 1.88. The van der Waals surface area contributed by atoms with Crippen molar-refractivity contribution >= 4 is 0 Å². The molecule has 3 nitrogen and oxygen atoms in total. The van der Waals surface area contributed by atoms with Crippen molar-refractivity contribution in [2.45, 2.75) is 37.8 Å². The maximum Gasteiger partial charge on any atom is 0.0594 e. The van der Waals surface area contributed by atoms with Crippen LogP contribution in [0.1, 0.15) is 25.7 Å². The van der Waals surface area contributed by atoms with Crippen LogP contribution in [-0.4, -0.2) is 43.3 Å². The zero-order valence-corrected chi connectivity index (χ0v) is 8.24. The molecule has 1 heterocycles. The summed E-state index contributed by atoms with van der Waals surface area (Å²) in [4.78, 5) is 2.52. The molecule has 76 valence electrons. The fourth-order valence-electron chi connectivity index (χ4n) is 2.50. The van der Waals surface area contributed by atoms with Crippen molar-refractivity contribution in [3.05, 3.63) is 0 Å². The predicted octanol–water partition coefficient (Wildman–Crippen LogP) is 0.588. The molecule has 13 heavy (non-hydrogen) atoms. The van der Waals surface area contributed by atoms with Gasteiger partial charge in [-0.25, -0.2) is 0 Å². The van der Waals surface area contributed by atoms with Crippen LogP contribution in [0, 0.1) is 0 Å². The first-order valence-corrected chi connectivity index (χ1v) is 5.45. The second-order valence-electron chi connectivity index (χ2n) is 4.16. The van der Waals surface area contributed by atoms with Gasteiger partial charge in [-0.2, -0.15) is 0 Å². The molecule has 2 aliphatic rings. The Morgan fingerprint density at radius 1 is 1.08 bits per heavy atom. The highest BCUT2D eigenvalue weighted by Gasteiger charge is 2.28. The average Bonchev–Trinajstić information content (AvgIpc) is 2.20. The molecule has 3 heteroatoms. The first-order chi connectivity index (χ1) is 6.38. The monoisotopic (exact) mass is 184 g/mol. The van der Waals surface area contributed by atoms with Crippen LogP contribution in [0.5, 0.6) is 0 Å². The fourth-order valence-corrected chi connectivity index (χ4v) is 2.50. The molecule has 0 aromatic carbocycles. The van der Waals surface area contributed by atoms with Gasteiger partial charge in [0.05, 0.1) is 13.2 Å².